The van der Waals surface area contributed by atoms with Gasteiger partial charge in [0.05, 0.1) is 31.5 Å². The van der Waals surface area contributed by atoms with E-state index in [4.69, 9.17) is 13.9 Å². The van der Waals surface area contributed by atoms with Crippen molar-refractivity contribution >= 4 is 5.91 Å². The second kappa shape index (κ2) is 6.84. The van der Waals surface area contributed by atoms with Crippen LogP contribution in [0.5, 0.6) is 6.01 Å². The van der Waals surface area contributed by atoms with E-state index in [1.54, 1.807) is 24.5 Å². The van der Waals surface area contributed by atoms with E-state index in [2.05, 4.69) is 9.97 Å². The number of ether oxygens (including phenoxy) is 2. The van der Waals surface area contributed by atoms with Crippen LogP contribution in [0.15, 0.2) is 41.5 Å². The molecule has 2 aromatic rings. The molecule has 1 amide bonds. The first kappa shape index (κ1) is 16.1. The summed E-state index contributed by atoms with van der Waals surface area (Å²) in [5, 5.41) is 0. The summed E-state index contributed by atoms with van der Waals surface area (Å²) in [7, 11) is 0. The van der Waals surface area contributed by atoms with Gasteiger partial charge in [-0.05, 0) is 37.3 Å². The molecule has 0 N–H and O–H groups in total. The maximum absolute atomic E-state index is 12.3. The van der Waals surface area contributed by atoms with Crippen molar-refractivity contribution in [1.82, 2.24) is 14.9 Å². The number of furan rings is 1. The molecular formula is C18H21N3O4. The summed E-state index contributed by atoms with van der Waals surface area (Å²) in [4.78, 5) is 22.2. The van der Waals surface area contributed by atoms with E-state index < -0.39 is 0 Å². The van der Waals surface area contributed by atoms with E-state index in [1.807, 2.05) is 4.90 Å². The first-order valence-electron chi connectivity index (χ1n) is 8.59. The van der Waals surface area contributed by atoms with Gasteiger partial charge in [-0.15, -0.1) is 0 Å². The van der Waals surface area contributed by atoms with Gasteiger partial charge in [-0.2, -0.15) is 0 Å². The lowest BCUT2D eigenvalue weighted by Gasteiger charge is -2.53. The highest BCUT2D eigenvalue weighted by Gasteiger charge is 2.49. The van der Waals surface area contributed by atoms with Gasteiger partial charge < -0.3 is 18.8 Å². The summed E-state index contributed by atoms with van der Waals surface area (Å²) < 4.78 is 16.6. The Kier molecular flexibility index (Phi) is 4.40. The van der Waals surface area contributed by atoms with Crippen LogP contribution in [0.25, 0.3) is 0 Å². The summed E-state index contributed by atoms with van der Waals surface area (Å²) in [6.45, 7) is 2.63. The summed E-state index contributed by atoms with van der Waals surface area (Å²) >= 11 is 0. The third kappa shape index (κ3) is 3.51. The Morgan fingerprint density at radius 1 is 1.36 bits per heavy atom. The molecule has 1 unspecified atom stereocenters. The molecule has 25 heavy (non-hydrogen) atoms. The number of rotatable bonds is 5. The molecule has 2 aromatic heterocycles. The van der Waals surface area contributed by atoms with Crippen molar-refractivity contribution in [1.29, 1.82) is 0 Å². The highest BCUT2D eigenvalue weighted by Crippen LogP contribution is 2.38. The Balaban J connectivity index is 1.25. The van der Waals surface area contributed by atoms with Gasteiger partial charge in [-0.25, -0.2) is 9.97 Å². The minimum atomic E-state index is -0.189. The molecule has 7 nitrogen and oxygen atoms in total. The van der Waals surface area contributed by atoms with Crippen molar-refractivity contribution < 1.29 is 18.7 Å². The van der Waals surface area contributed by atoms with Crippen LogP contribution in [0, 0.1) is 5.92 Å². The van der Waals surface area contributed by atoms with Gasteiger partial charge in [-0.3, -0.25) is 4.79 Å². The van der Waals surface area contributed by atoms with Crippen LogP contribution in [0.2, 0.25) is 0 Å². The fourth-order valence-electron chi connectivity index (χ4n) is 3.63. The predicted octanol–water partition coefficient (Wildman–Crippen LogP) is 2.16. The minimum absolute atomic E-state index is 0.00894. The molecule has 2 aliphatic rings. The van der Waals surface area contributed by atoms with Gasteiger partial charge in [0.1, 0.15) is 11.9 Å². The summed E-state index contributed by atoms with van der Waals surface area (Å²) in [5.41, 5.74) is 0.407. The average molecular weight is 343 g/mol. The van der Waals surface area contributed by atoms with Gasteiger partial charge in [-0.1, -0.05) is 0 Å². The molecule has 7 heteroatoms. The third-order valence-corrected chi connectivity index (χ3v) is 4.91. The van der Waals surface area contributed by atoms with Crippen LogP contribution in [0.1, 0.15) is 29.6 Å². The van der Waals surface area contributed by atoms with Crippen molar-refractivity contribution in [2.75, 3.05) is 26.3 Å². The number of carbonyl (C=O) groups is 1. The fraction of sp³-hybridized carbons (Fsp3) is 0.500. The Morgan fingerprint density at radius 2 is 2.20 bits per heavy atom. The highest BCUT2D eigenvalue weighted by atomic mass is 16.5. The first-order valence-corrected chi connectivity index (χ1v) is 8.59. The number of aromatic nitrogens is 2. The molecule has 0 saturated carbocycles. The van der Waals surface area contributed by atoms with E-state index in [9.17, 15) is 4.79 Å². The van der Waals surface area contributed by atoms with Gasteiger partial charge in [0.25, 0.3) is 5.91 Å². The molecule has 4 rings (SSSR count). The van der Waals surface area contributed by atoms with E-state index in [0.717, 1.165) is 25.9 Å². The normalized spacial score (nSPS) is 21.8. The number of hydrogen-bond acceptors (Lipinski definition) is 6. The van der Waals surface area contributed by atoms with Crippen LogP contribution in [-0.2, 0) is 4.74 Å². The van der Waals surface area contributed by atoms with Crippen LogP contribution in [-0.4, -0.2) is 52.7 Å². The van der Waals surface area contributed by atoms with E-state index in [0.29, 0.717) is 37.2 Å². The molecule has 132 valence electrons. The lowest BCUT2D eigenvalue weighted by molar-refractivity contribution is -0.166. The second-order valence-electron chi connectivity index (χ2n) is 6.73. The summed E-state index contributed by atoms with van der Waals surface area (Å²) in [6, 6.07) is 3.88. The quantitative estimate of drug-likeness (QED) is 0.828. The zero-order chi connectivity index (χ0) is 17.1. The SMILES string of the molecule is O=C(c1ccoc1)N1CC2(CC(CCOc3ncccn3)CCO2)C1. The number of likely N-dealkylation sites (tertiary alicyclic amines) is 1. The lowest BCUT2D eigenvalue weighted by Crippen LogP contribution is -2.66. The molecule has 2 fully saturated rings. The number of carbonyl (C=O) groups excluding carboxylic acids is 1. The molecule has 0 aliphatic carbocycles. The maximum atomic E-state index is 12.3. The number of hydrogen-bond donors (Lipinski definition) is 0. The molecule has 1 atom stereocenters. The zero-order valence-corrected chi connectivity index (χ0v) is 14.0. The Hall–Kier alpha value is -2.41. The van der Waals surface area contributed by atoms with Gasteiger partial charge in [0.15, 0.2) is 0 Å². The molecule has 0 radical (unpaired) electrons. The lowest BCUT2D eigenvalue weighted by atomic mass is 9.79. The molecule has 4 heterocycles. The molecule has 1 spiro atoms. The monoisotopic (exact) mass is 343 g/mol. The van der Waals surface area contributed by atoms with Crippen LogP contribution >= 0.6 is 0 Å². The Labute approximate surface area is 146 Å². The maximum Gasteiger partial charge on any atom is 0.316 e. The zero-order valence-electron chi connectivity index (χ0n) is 14.0. The second-order valence-corrected chi connectivity index (χ2v) is 6.73. The smallest absolute Gasteiger partial charge is 0.316 e. The van der Waals surface area contributed by atoms with Gasteiger partial charge in [0, 0.05) is 19.0 Å². The fourth-order valence-corrected chi connectivity index (χ4v) is 3.63. The van der Waals surface area contributed by atoms with Gasteiger partial charge in [0.2, 0.25) is 0 Å². The third-order valence-electron chi connectivity index (χ3n) is 4.91. The molecule has 0 aromatic carbocycles. The number of nitrogens with zero attached hydrogens (tertiary/aromatic N) is 3. The average Bonchev–Trinajstić information content (AvgIpc) is 3.15. The van der Waals surface area contributed by atoms with Crippen LogP contribution < -0.4 is 4.74 Å². The number of amides is 1. The van der Waals surface area contributed by atoms with Crippen molar-refractivity contribution in [2.45, 2.75) is 24.9 Å². The van der Waals surface area contributed by atoms with Crippen molar-refractivity contribution in [3.63, 3.8) is 0 Å². The highest BCUT2D eigenvalue weighted by molar-refractivity contribution is 5.94. The molecule has 2 saturated heterocycles. The Morgan fingerprint density at radius 3 is 2.96 bits per heavy atom. The summed E-state index contributed by atoms with van der Waals surface area (Å²) in [5.74, 6) is 0.540. The Bertz CT molecular complexity index is 698. The van der Waals surface area contributed by atoms with E-state index >= 15 is 0 Å². The first-order chi connectivity index (χ1) is 12.2. The summed E-state index contributed by atoms with van der Waals surface area (Å²) in [6.07, 6.45) is 9.28. The van der Waals surface area contributed by atoms with Crippen LogP contribution in [0.3, 0.4) is 0 Å². The standard InChI is InChI=1S/C18H21N3O4/c22-16(15-4-7-23-11-15)21-12-18(13-21)10-14(3-9-25-18)2-8-24-17-19-5-1-6-20-17/h1,4-7,11,14H,2-3,8-10,12-13H2. The van der Waals surface area contributed by atoms with E-state index in [-0.39, 0.29) is 11.5 Å². The largest absolute Gasteiger partial charge is 0.472 e. The van der Waals surface area contributed by atoms with Crippen molar-refractivity contribution in [3.8, 4) is 6.01 Å². The topological polar surface area (TPSA) is 77.7 Å². The van der Waals surface area contributed by atoms with Gasteiger partial charge >= 0.3 is 6.01 Å². The van der Waals surface area contributed by atoms with Crippen molar-refractivity contribution in [3.05, 3.63) is 42.6 Å². The predicted molar refractivity (Wildman–Crippen MR) is 88.2 cm³/mol. The molecule has 0 bridgehead atoms. The minimum Gasteiger partial charge on any atom is -0.472 e. The van der Waals surface area contributed by atoms with Crippen LogP contribution in [0.4, 0.5) is 0 Å². The van der Waals surface area contributed by atoms with Crippen molar-refractivity contribution in [2.24, 2.45) is 5.92 Å². The molecular weight excluding hydrogens is 322 g/mol. The molecule has 2 aliphatic heterocycles. The van der Waals surface area contributed by atoms with E-state index in [1.165, 1.54) is 12.5 Å².